The molecule has 0 amide bonds. The van der Waals surface area contributed by atoms with Gasteiger partial charge in [-0.3, -0.25) is 0 Å². The predicted molar refractivity (Wildman–Crippen MR) is 47.6 cm³/mol. The van der Waals surface area contributed by atoms with Gasteiger partial charge in [-0.1, -0.05) is 18.2 Å². The zero-order chi connectivity index (χ0) is 10.4. The molecular weight excluding hydrogens is 196 g/mol. The highest BCUT2D eigenvalue weighted by Crippen LogP contribution is 2.27. The Balaban J connectivity index is 0.000000424. The molecule has 0 aromatic heterocycles. The van der Waals surface area contributed by atoms with Crippen LogP contribution in [0.4, 0.5) is 0 Å². The fourth-order valence-corrected chi connectivity index (χ4v) is 0.847. The van der Waals surface area contributed by atoms with Gasteiger partial charge in [0.05, 0.1) is 0 Å². The van der Waals surface area contributed by atoms with Crippen molar-refractivity contribution < 1.29 is 19.8 Å². The smallest absolute Gasteiger partial charge is 0.332 e. The lowest BCUT2D eigenvalue weighted by Crippen LogP contribution is -2.18. The lowest BCUT2D eigenvalue weighted by Gasteiger charge is -2.15. The van der Waals surface area contributed by atoms with Crippen LogP contribution in [0.25, 0.3) is 0 Å². The van der Waals surface area contributed by atoms with Gasteiger partial charge < -0.3 is 10.2 Å². The van der Waals surface area contributed by atoms with Gasteiger partial charge in [-0.15, -0.1) is 0 Å². The third-order valence-electron chi connectivity index (χ3n) is 1.51. The van der Waals surface area contributed by atoms with E-state index in [1.165, 1.54) is 5.54 Å². The van der Waals surface area contributed by atoms with E-state index in [0.717, 1.165) is 0 Å². The summed E-state index contributed by atoms with van der Waals surface area (Å²) in [5.41, 5.74) is 1.32. The summed E-state index contributed by atoms with van der Waals surface area (Å²) < 4.78 is 0. The largest absolute Gasteiger partial charge is 0.478 e. The summed E-state index contributed by atoms with van der Waals surface area (Å²) in [5.74, 6) is -2.22. The van der Waals surface area contributed by atoms with Crippen LogP contribution in [0.1, 0.15) is 12.8 Å². The van der Waals surface area contributed by atoms with Gasteiger partial charge in [-0.2, -0.15) is 0 Å². The molecule has 72 valence electrons. The van der Waals surface area contributed by atoms with E-state index in [1.807, 2.05) is 0 Å². The Bertz CT molecular complexity index is 243. The minimum absolute atomic E-state index is 0.0486. The molecule has 0 aliphatic heterocycles. The molecule has 0 saturated heterocycles. The Kier molecular flexibility index (Phi) is 4.84. The van der Waals surface area contributed by atoms with Gasteiger partial charge >= 0.3 is 11.9 Å². The number of hydrogen-bond acceptors (Lipinski definition) is 2. The molecule has 0 atom stereocenters. The van der Waals surface area contributed by atoms with Crippen LogP contribution in [-0.2, 0) is 9.59 Å². The first-order valence-electron chi connectivity index (χ1n) is 3.44. The van der Waals surface area contributed by atoms with Gasteiger partial charge in [0.25, 0.3) is 0 Å². The molecule has 0 saturated carbocycles. The van der Waals surface area contributed by atoms with Crippen molar-refractivity contribution in [1.82, 2.24) is 0 Å². The van der Waals surface area contributed by atoms with Crippen molar-refractivity contribution >= 4 is 23.5 Å². The maximum absolute atomic E-state index is 10.2. The van der Waals surface area contributed by atoms with Crippen molar-refractivity contribution in [3.8, 4) is 0 Å². The Hall–Kier alpha value is -1.29. The summed E-state index contributed by atoms with van der Waals surface area (Å²) in [7, 11) is 0. The highest BCUT2D eigenvalue weighted by atomic mass is 35.5. The van der Waals surface area contributed by atoms with Crippen LogP contribution in [0.2, 0.25) is 0 Å². The quantitative estimate of drug-likeness (QED) is 0.717. The van der Waals surface area contributed by atoms with Crippen molar-refractivity contribution in [3.63, 3.8) is 0 Å². The van der Waals surface area contributed by atoms with Crippen LogP contribution in [0.15, 0.2) is 23.3 Å². The Morgan fingerprint density at radius 1 is 1.23 bits per heavy atom. The van der Waals surface area contributed by atoms with Gasteiger partial charge in [0.15, 0.2) is 0 Å². The van der Waals surface area contributed by atoms with E-state index >= 15 is 0 Å². The first-order valence-corrected chi connectivity index (χ1v) is 3.88. The average Bonchev–Trinajstić information content (AvgIpc) is 1.82. The number of carboxylic acid groups (broad SMARTS) is 2. The summed E-state index contributed by atoms with van der Waals surface area (Å²) >= 11 is 4.76. The highest BCUT2D eigenvalue weighted by Gasteiger charge is 2.27. The molecule has 2 N–H and O–H groups in total. The molecule has 0 aromatic rings. The normalized spacial score (nSPS) is 13.6. The summed E-state index contributed by atoms with van der Waals surface area (Å²) in [6.45, 7) is 3.13. The zero-order valence-electron chi connectivity index (χ0n) is 6.79. The second-order valence-electron chi connectivity index (χ2n) is 2.22. The van der Waals surface area contributed by atoms with E-state index in [4.69, 9.17) is 21.8 Å². The maximum Gasteiger partial charge on any atom is 0.332 e. The number of hydrogen-bond donors (Lipinski definition) is 2. The van der Waals surface area contributed by atoms with Crippen LogP contribution in [-0.4, -0.2) is 22.2 Å². The first kappa shape index (κ1) is 11.7. The van der Waals surface area contributed by atoms with Crippen molar-refractivity contribution in [1.29, 1.82) is 0 Å². The zero-order valence-corrected chi connectivity index (χ0v) is 7.54. The second kappa shape index (κ2) is 5.37. The molecule has 5 heteroatoms. The third kappa shape index (κ3) is 3.29. The molecule has 0 aromatic carbocycles. The van der Waals surface area contributed by atoms with Crippen molar-refractivity contribution in [2.45, 2.75) is 12.8 Å². The van der Waals surface area contributed by atoms with E-state index in [1.54, 1.807) is 0 Å². The molecule has 1 rings (SSSR count). The highest BCUT2D eigenvalue weighted by molar-refractivity contribution is 6.25. The Morgan fingerprint density at radius 3 is 1.54 bits per heavy atom. The first-order chi connectivity index (χ1) is 6.04. The van der Waals surface area contributed by atoms with Gasteiger partial charge in [0.2, 0.25) is 0 Å². The molecule has 0 fully saturated rings. The molecule has 1 aliphatic rings. The standard InChI is InChI=1S/C6H6O4.C2H3Cl/c7-5(8)3-1-2-4(3)6(9)10;1-2-3/h1-2H2,(H,7,8)(H,9,10);2H,1H2. The summed E-state index contributed by atoms with van der Waals surface area (Å²) in [6, 6.07) is 0. The summed E-state index contributed by atoms with van der Waals surface area (Å²) in [5, 5.41) is 16.7. The van der Waals surface area contributed by atoms with Crippen molar-refractivity contribution in [3.05, 3.63) is 23.3 Å². The molecule has 0 heterocycles. The maximum atomic E-state index is 10.2. The number of carboxylic acids is 2. The average molecular weight is 205 g/mol. The van der Waals surface area contributed by atoms with Crippen LogP contribution < -0.4 is 0 Å². The van der Waals surface area contributed by atoms with E-state index in [9.17, 15) is 9.59 Å². The van der Waals surface area contributed by atoms with Crippen molar-refractivity contribution in [2.75, 3.05) is 0 Å². The molecule has 4 nitrogen and oxygen atoms in total. The monoisotopic (exact) mass is 204 g/mol. The predicted octanol–water partition coefficient (Wildman–Crippen LogP) is 1.61. The second-order valence-corrected chi connectivity index (χ2v) is 2.53. The van der Waals surface area contributed by atoms with E-state index in [2.05, 4.69) is 6.58 Å². The fraction of sp³-hybridized carbons (Fsp3) is 0.250. The third-order valence-corrected chi connectivity index (χ3v) is 1.51. The Labute approximate surface area is 80.1 Å². The molecule has 1 aliphatic carbocycles. The van der Waals surface area contributed by atoms with Crippen LogP contribution in [0, 0.1) is 0 Å². The molecule has 0 unspecified atom stereocenters. The van der Waals surface area contributed by atoms with Gasteiger partial charge in [-0.25, -0.2) is 9.59 Å². The number of aliphatic carboxylic acids is 2. The van der Waals surface area contributed by atoms with Gasteiger partial charge in [-0.05, 0) is 18.4 Å². The minimum atomic E-state index is -1.11. The Morgan fingerprint density at radius 2 is 1.46 bits per heavy atom. The summed E-state index contributed by atoms with van der Waals surface area (Å²) in [4.78, 5) is 20.4. The lowest BCUT2D eigenvalue weighted by atomic mass is 9.89. The van der Waals surface area contributed by atoms with E-state index in [0.29, 0.717) is 12.8 Å². The molecule has 13 heavy (non-hydrogen) atoms. The number of carbonyl (C=O) groups is 2. The van der Waals surface area contributed by atoms with Gasteiger partial charge in [0.1, 0.15) is 0 Å². The van der Waals surface area contributed by atoms with E-state index < -0.39 is 11.9 Å². The summed E-state index contributed by atoms with van der Waals surface area (Å²) in [6.07, 6.45) is 0.772. The van der Waals surface area contributed by atoms with Gasteiger partial charge in [0, 0.05) is 11.1 Å². The van der Waals surface area contributed by atoms with Crippen molar-refractivity contribution in [2.24, 2.45) is 0 Å². The van der Waals surface area contributed by atoms with E-state index in [-0.39, 0.29) is 11.1 Å². The number of halogens is 1. The number of rotatable bonds is 2. The topological polar surface area (TPSA) is 74.6 Å². The molecule has 0 spiro atoms. The fourth-order valence-electron chi connectivity index (χ4n) is 0.847. The van der Waals surface area contributed by atoms with Crippen LogP contribution >= 0.6 is 11.6 Å². The molecule has 0 bridgehead atoms. The lowest BCUT2D eigenvalue weighted by molar-refractivity contribution is -0.137. The molecule has 0 radical (unpaired) electrons. The van der Waals surface area contributed by atoms with Crippen LogP contribution in [0.3, 0.4) is 0 Å². The molecular formula is C8H9ClO4. The minimum Gasteiger partial charge on any atom is -0.478 e. The van der Waals surface area contributed by atoms with Crippen LogP contribution in [0.5, 0.6) is 0 Å². The SMILES string of the molecule is C=CCl.O=C(O)C1=C(C(=O)O)CC1.